The van der Waals surface area contributed by atoms with Gasteiger partial charge in [-0.25, -0.2) is 0 Å². The van der Waals surface area contributed by atoms with Gasteiger partial charge in [0.25, 0.3) is 0 Å². The second-order valence-electron chi connectivity index (χ2n) is 2.36. The van der Waals surface area contributed by atoms with Crippen molar-refractivity contribution < 1.29 is 24.5 Å². The van der Waals surface area contributed by atoms with Crippen LogP contribution in [0.3, 0.4) is 0 Å². The smallest absolute Gasteiger partial charge is 0.312 e. The molecular formula is C6H8O5. The predicted molar refractivity (Wildman–Crippen MR) is 32.7 cm³/mol. The fourth-order valence-corrected chi connectivity index (χ4v) is 1.00. The summed E-state index contributed by atoms with van der Waals surface area (Å²) in [7, 11) is 0. The number of cyclic esters (lactones) is 1. The first-order valence-corrected chi connectivity index (χ1v) is 3.17. The van der Waals surface area contributed by atoms with Crippen molar-refractivity contribution in [3.63, 3.8) is 0 Å². The summed E-state index contributed by atoms with van der Waals surface area (Å²) in [6, 6.07) is 0. The zero-order valence-electron chi connectivity index (χ0n) is 5.69. The van der Waals surface area contributed by atoms with Crippen LogP contribution >= 0.6 is 0 Å². The highest BCUT2D eigenvalue weighted by atomic mass is 16.5. The summed E-state index contributed by atoms with van der Waals surface area (Å²) in [6.07, 6.45) is 0. The van der Waals surface area contributed by atoms with Gasteiger partial charge in [-0.1, -0.05) is 0 Å². The lowest BCUT2D eigenvalue weighted by Crippen LogP contribution is -2.26. The van der Waals surface area contributed by atoms with Crippen LogP contribution in [0.15, 0.2) is 0 Å². The van der Waals surface area contributed by atoms with E-state index in [1.165, 1.54) is 0 Å². The molecule has 2 N–H and O–H groups in total. The Hall–Kier alpha value is -1.10. The lowest BCUT2D eigenvalue weighted by Gasteiger charge is -2.05. The Labute approximate surface area is 62.6 Å². The normalized spacial score (nSPS) is 30.1. The molecule has 0 aromatic carbocycles. The molecule has 1 aliphatic rings. The number of carboxylic acids is 1. The highest BCUT2D eigenvalue weighted by Crippen LogP contribution is 2.21. The maximum atomic E-state index is 10.7. The molecule has 0 aromatic heterocycles. The summed E-state index contributed by atoms with van der Waals surface area (Å²) in [5, 5.41) is 17.1. The van der Waals surface area contributed by atoms with E-state index in [1.807, 2.05) is 0 Å². The van der Waals surface area contributed by atoms with Crippen molar-refractivity contribution in [2.24, 2.45) is 11.8 Å². The lowest BCUT2D eigenvalue weighted by atomic mass is 9.97. The van der Waals surface area contributed by atoms with Crippen LogP contribution in [0.25, 0.3) is 0 Å². The number of carboxylic acid groups (broad SMARTS) is 1. The minimum absolute atomic E-state index is 0.126. The molecule has 5 heteroatoms. The van der Waals surface area contributed by atoms with Crippen LogP contribution in [0.2, 0.25) is 0 Å². The van der Waals surface area contributed by atoms with Crippen molar-refractivity contribution in [1.82, 2.24) is 0 Å². The summed E-state index contributed by atoms with van der Waals surface area (Å²) in [4.78, 5) is 21.0. The number of esters is 1. The monoisotopic (exact) mass is 160 g/mol. The summed E-state index contributed by atoms with van der Waals surface area (Å²) < 4.78 is 4.45. The summed E-state index contributed by atoms with van der Waals surface area (Å²) >= 11 is 0. The number of rotatable bonds is 2. The van der Waals surface area contributed by atoms with E-state index in [4.69, 9.17) is 10.2 Å². The van der Waals surface area contributed by atoms with Gasteiger partial charge in [0, 0.05) is 0 Å². The van der Waals surface area contributed by atoms with Crippen LogP contribution in [0.4, 0.5) is 0 Å². The molecular weight excluding hydrogens is 152 g/mol. The molecule has 2 atom stereocenters. The van der Waals surface area contributed by atoms with Crippen molar-refractivity contribution in [1.29, 1.82) is 0 Å². The van der Waals surface area contributed by atoms with Crippen LogP contribution in [0.1, 0.15) is 0 Å². The largest absolute Gasteiger partial charge is 0.481 e. The molecule has 1 fully saturated rings. The Balaban J connectivity index is 2.68. The third kappa shape index (κ3) is 1.32. The van der Waals surface area contributed by atoms with Crippen LogP contribution in [-0.4, -0.2) is 35.4 Å². The Morgan fingerprint density at radius 3 is 2.73 bits per heavy atom. The molecule has 0 aromatic rings. The average Bonchev–Trinajstić information content (AvgIpc) is 2.30. The molecule has 1 aliphatic heterocycles. The molecule has 0 amide bonds. The molecule has 5 nitrogen and oxygen atoms in total. The van der Waals surface area contributed by atoms with Crippen molar-refractivity contribution in [2.45, 2.75) is 0 Å². The maximum Gasteiger partial charge on any atom is 0.312 e. The van der Waals surface area contributed by atoms with E-state index >= 15 is 0 Å². The zero-order valence-corrected chi connectivity index (χ0v) is 5.69. The number of ether oxygens (including phenoxy) is 1. The molecule has 0 saturated carbocycles. The van der Waals surface area contributed by atoms with E-state index < -0.39 is 30.4 Å². The third-order valence-corrected chi connectivity index (χ3v) is 1.71. The number of aliphatic carboxylic acids is 1. The van der Waals surface area contributed by atoms with Crippen LogP contribution in [-0.2, 0) is 14.3 Å². The van der Waals surface area contributed by atoms with Gasteiger partial charge in [-0.3, -0.25) is 9.59 Å². The van der Waals surface area contributed by atoms with Gasteiger partial charge in [-0.05, 0) is 0 Å². The fraction of sp³-hybridized carbons (Fsp3) is 0.667. The molecule has 0 radical (unpaired) electrons. The maximum absolute atomic E-state index is 10.7. The molecule has 1 saturated heterocycles. The fourth-order valence-electron chi connectivity index (χ4n) is 1.00. The molecule has 0 spiro atoms. The van der Waals surface area contributed by atoms with Gasteiger partial charge in [-0.2, -0.15) is 0 Å². The number of carbonyl (C=O) groups excluding carboxylic acids is 1. The first kappa shape index (κ1) is 8.00. The van der Waals surface area contributed by atoms with E-state index in [0.29, 0.717) is 0 Å². The Kier molecular flexibility index (Phi) is 2.09. The summed E-state index contributed by atoms with van der Waals surface area (Å²) in [6.45, 7) is -0.588. The molecule has 1 heterocycles. The number of aliphatic hydroxyl groups is 1. The van der Waals surface area contributed by atoms with Gasteiger partial charge in [0.15, 0.2) is 0 Å². The van der Waals surface area contributed by atoms with Crippen molar-refractivity contribution in [3.8, 4) is 0 Å². The van der Waals surface area contributed by atoms with Gasteiger partial charge in [0.1, 0.15) is 12.5 Å². The first-order valence-electron chi connectivity index (χ1n) is 3.17. The van der Waals surface area contributed by atoms with Crippen LogP contribution in [0.5, 0.6) is 0 Å². The highest BCUT2D eigenvalue weighted by molar-refractivity contribution is 5.84. The van der Waals surface area contributed by atoms with Gasteiger partial charge < -0.3 is 14.9 Å². The standard InChI is InChI=1S/C6H8O5/c7-1-3-4(5(8)9)2-11-6(3)10/h3-4,7H,1-2H2,(H,8,9). The van der Waals surface area contributed by atoms with E-state index in [-0.39, 0.29) is 6.61 Å². The SMILES string of the molecule is O=C(O)C1COC(=O)C1CO. The number of carbonyl (C=O) groups is 2. The van der Waals surface area contributed by atoms with Crippen LogP contribution in [0, 0.1) is 11.8 Å². The van der Waals surface area contributed by atoms with Crippen LogP contribution < -0.4 is 0 Å². The molecule has 0 aliphatic carbocycles. The third-order valence-electron chi connectivity index (χ3n) is 1.71. The molecule has 2 unspecified atom stereocenters. The Morgan fingerprint density at radius 2 is 2.36 bits per heavy atom. The minimum Gasteiger partial charge on any atom is -0.481 e. The Morgan fingerprint density at radius 1 is 1.73 bits per heavy atom. The minimum atomic E-state index is -1.10. The summed E-state index contributed by atoms with van der Waals surface area (Å²) in [5.41, 5.74) is 0. The number of hydrogen-bond acceptors (Lipinski definition) is 4. The van der Waals surface area contributed by atoms with Gasteiger partial charge in [0.2, 0.25) is 0 Å². The Bertz CT molecular complexity index is 187. The predicted octanol–water partition coefficient (Wildman–Crippen LogP) is -1.15. The topological polar surface area (TPSA) is 83.8 Å². The van der Waals surface area contributed by atoms with E-state index in [1.54, 1.807) is 0 Å². The first-order chi connectivity index (χ1) is 5.16. The van der Waals surface area contributed by atoms with Gasteiger partial charge in [0.05, 0.1) is 12.5 Å². The zero-order chi connectivity index (χ0) is 8.43. The number of aliphatic hydroxyl groups excluding tert-OH is 1. The quantitative estimate of drug-likeness (QED) is 0.498. The molecule has 0 bridgehead atoms. The highest BCUT2D eigenvalue weighted by Gasteiger charge is 2.40. The van der Waals surface area contributed by atoms with E-state index in [0.717, 1.165) is 0 Å². The second kappa shape index (κ2) is 2.87. The average molecular weight is 160 g/mol. The summed E-state index contributed by atoms with van der Waals surface area (Å²) in [5.74, 6) is -3.49. The second-order valence-corrected chi connectivity index (χ2v) is 2.36. The molecule has 62 valence electrons. The van der Waals surface area contributed by atoms with Gasteiger partial charge >= 0.3 is 11.9 Å². The number of hydrogen-bond donors (Lipinski definition) is 2. The van der Waals surface area contributed by atoms with Gasteiger partial charge in [-0.15, -0.1) is 0 Å². The van der Waals surface area contributed by atoms with Crippen molar-refractivity contribution in [2.75, 3.05) is 13.2 Å². The van der Waals surface area contributed by atoms with E-state index in [2.05, 4.69) is 4.74 Å². The lowest BCUT2D eigenvalue weighted by molar-refractivity contribution is -0.145. The van der Waals surface area contributed by atoms with Crippen molar-refractivity contribution in [3.05, 3.63) is 0 Å². The molecule has 11 heavy (non-hydrogen) atoms. The van der Waals surface area contributed by atoms with Crippen molar-refractivity contribution >= 4 is 11.9 Å². The van der Waals surface area contributed by atoms with E-state index in [9.17, 15) is 9.59 Å². The molecule has 1 rings (SSSR count).